The monoisotopic (exact) mass is 321 g/mol. The molecule has 0 saturated carbocycles. The van der Waals surface area contributed by atoms with Crippen LogP contribution in [0.3, 0.4) is 0 Å². The van der Waals surface area contributed by atoms with E-state index in [4.69, 9.17) is 0 Å². The van der Waals surface area contributed by atoms with E-state index in [1.54, 1.807) is 6.20 Å². The zero-order valence-corrected chi connectivity index (χ0v) is 13.5. The molecule has 6 heteroatoms. The van der Waals surface area contributed by atoms with Crippen LogP contribution >= 0.6 is 0 Å². The summed E-state index contributed by atoms with van der Waals surface area (Å²) in [5, 5.41) is 11.1. The van der Waals surface area contributed by atoms with Gasteiger partial charge in [-0.05, 0) is 36.6 Å². The fourth-order valence-electron chi connectivity index (χ4n) is 3.41. The lowest BCUT2D eigenvalue weighted by Gasteiger charge is -2.24. The SMILES string of the molecule is CNc1cc(C2CCCN2C(=O)c2n[nH]c3ccccc23)ccn1. The van der Waals surface area contributed by atoms with Gasteiger partial charge in [-0.3, -0.25) is 9.89 Å². The van der Waals surface area contributed by atoms with Crippen LogP contribution in [0, 0.1) is 0 Å². The third-order valence-corrected chi connectivity index (χ3v) is 4.61. The minimum Gasteiger partial charge on any atom is -0.373 e. The van der Waals surface area contributed by atoms with Gasteiger partial charge in [0.15, 0.2) is 5.69 Å². The second-order valence-corrected chi connectivity index (χ2v) is 6.00. The second kappa shape index (κ2) is 5.96. The van der Waals surface area contributed by atoms with Crippen molar-refractivity contribution >= 4 is 22.6 Å². The highest BCUT2D eigenvalue weighted by Gasteiger charge is 2.32. The number of rotatable bonds is 3. The van der Waals surface area contributed by atoms with Crippen LogP contribution in [-0.4, -0.2) is 39.6 Å². The molecule has 1 aromatic carbocycles. The van der Waals surface area contributed by atoms with Crippen LogP contribution in [0.25, 0.3) is 10.9 Å². The average Bonchev–Trinajstić information content (AvgIpc) is 3.28. The number of hydrogen-bond acceptors (Lipinski definition) is 4. The summed E-state index contributed by atoms with van der Waals surface area (Å²) in [6, 6.07) is 11.8. The van der Waals surface area contributed by atoms with E-state index < -0.39 is 0 Å². The molecule has 1 aliphatic heterocycles. The first kappa shape index (κ1) is 14.7. The van der Waals surface area contributed by atoms with Gasteiger partial charge in [0.05, 0.1) is 11.6 Å². The molecule has 0 spiro atoms. The third kappa shape index (κ3) is 2.40. The van der Waals surface area contributed by atoms with Crippen LogP contribution in [-0.2, 0) is 0 Å². The normalized spacial score (nSPS) is 17.4. The highest BCUT2D eigenvalue weighted by atomic mass is 16.2. The number of pyridine rings is 1. The second-order valence-electron chi connectivity index (χ2n) is 6.00. The Morgan fingerprint density at radius 1 is 1.33 bits per heavy atom. The quantitative estimate of drug-likeness (QED) is 0.778. The number of nitrogens with one attached hydrogen (secondary N) is 2. The molecule has 4 rings (SSSR count). The van der Waals surface area contributed by atoms with Gasteiger partial charge in [-0.2, -0.15) is 5.10 Å². The van der Waals surface area contributed by atoms with Gasteiger partial charge in [-0.25, -0.2) is 4.98 Å². The molecule has 1 saturated heterocycles. The van der Waals surface area contributed by atoms with Crippen molar-refractivity contribution < 1.29 is 4.79 Å². The highest BCUT2D eigenvalue weighted by molar-refractivity contribution is 6.04. The summed E-state index contributed by atoms with van der Waals surface area (Å²) < 4.78 is 0. The predicted molar refractivity (Wildman–Crippen MR) is 92.9 cm³/mol. The third-order valence-electron chi connectivity index (χ3n) is 4.61. The van der Waals surface area contributed by atoms with Gasteiger partial charge in [0.1, 0.15) is 5.82 Å². The van der Waals surface area contributed by atoms with E-state index in [-0.39, 0.29) is 11.9 Å². The lowest BCUT2D eigenvalue weighted by molar-refractivity contribution is 0.0731. The maximum Gasteiger partial charge on any atom is 0.275 e. The maximum atomic E-state index is 13.1. The number of hydrogen-bond donors (Lipinski definition) is 2. The molecule has 0 aliphatic carbocycles. The maximum absolute atomic E-state index is 13.1. The molecule has 0 radical (unpaired) electrons. The molecular formula is C18H19N5O. The van der Waals surface area contributed by atoms with Crippen LogP contribution in [0.1, 0.15) is 34.9 Å². The van der Waals surface area contributed by atoms with Crippen molar-refractivity contribution in [3.8, 4) is 0 Å². The van der Waals surface area contributed by atoms with Crippen molar-refractivity contribution in [1.82, 2.24) is 20.1 Å². The summed E-state index contributed by atoms with van der Waals surface area (Å²) in [7, 11) is 1.85. The molecule has 1 unspecified atom stereocenters. The summed E-state index contributed by atoms with van der Waals surface area (Å²) in [5.41, 5.74) is 2.50. The standard InChI is InChI=1S/C18H19N5O/c1-19-16-11-12(8-9-20-16)15-7-4-10-23(15)18(24)17-13-5-2-3-6-14(13)21-22-17/h2-3,5-6,8-9,11,15H,4,7,10H2,1H3,(H,19,20)(H,21,22). The Hall–Kier alpha value is -2.89. The number of anilines is 1. The lowest BCUT2D eigenvalue weighted by Crippen LogP contribution is -2.31. The summed E-state index contributed by atoms with van der Waals surface area (Å²) in [4.78, 5) is 19.3. The van der Waals surface area contributed by atoms with Crippen LogP contribution in [0.15, 0.2) is 42.6 Å². The topological polar surface area (TPSA) is 73.9 Å². The minimum atomic E-state index is -0.0160. The number of aromatic nitrogens is 3. The van der Waals surface area contributed by atoms with Crippen molar-refractivity contribution in [3.05, 3.63) is 53.9 Å². The number of fused-ring (bicyclic) bond motifs is 1. The van der Waals surface area contributed by atoms with Gasteiger partial charge in [0.25, 0.3) is 5.91 Å². The molecule has 3 aromatic rings. The van der Waals surface area contributed by atoms with Gasteiger partial charge in [-0.15, -0.1) is 0 Å². The van der Waals surface area contributed by atoms with E-state index in [9.17, 15) is 4.79 Å². The van der Waals surface area contributed by atoms with Gasteiger partial charge < -0.3 is 10.2 Å². The molecule has 1 aliphatic rings. The number of para-hydroxylation sites is 1. The molecule has 2 aromatic heterocycles. The number of carbonyl (C=O) groups excluding carboxylic acids is 1. The van der Waals surface area contributed by atoms with Crippen LogP contribution < -0.4 is 5.32 Å². The van der Waals surface area contributed by atoms with E-state index in [1.165, 1.54) is 0 Å². The molecule has 0 bridgehead atoms. The zero-order valence-electron chi connectivity index (χ0n) is 13.5. The van der Waals surface area contributed by atoms with Gasteiger partial charge >= 0.3 is 0 Å². The first-order valence-corrected chi connectivity index (χ1v) is 8.15. The predicted octanol–water partition coefficient (Wildman–Crippen LogP) is 2.98. The number of amides is 1. The van der Waals surface area contributed by atoms with E-state index in [0.29, 0.717) is 5.69 Å². The lowest BCUT2D eigenvalue weighted by atomic mass is 10.1. The molecule has 1 atom stereocenters. The van der Waals surface area contributed by atoms with Crippen molar-refractivity contribution in [2.75, 3.05) is 18.9 Å². The first-order valence-electron chi connectivity index (χ1n) is 8.15. The molecule has 24 heavy (non-hydrogen) atoms. The molecule has 2 N–H and O–H groups in total. The molecule has 1 amide bonds. The number of aromatic amines is 1. The van der Waals surface area contributed by atoms with Crippen LogP contribution in [0.5, 0.6) is 0 Å². The van der Waals surface area contributed by atoms with Crippen molar-refractivity contribution in [2.45, 2.75) is 18.9 Å². The Balaban J connectivity index is 1.68. The highest BCUT2D eigenvalue weighted by Crippen LogP contribution is 2.34. The van der Waals surface area contributed by atoms with Crippen molar-refractivity contribution in [1.29, 1.82) is 0 Å². The van der Waals surface area contributed by atoms with Gasteiger partial charge in [-0.1, -0.05) is 18.2 Å². The zero-order chi connectivity index (χ0) is 16.5. The fraction of sp³-hybridized carbons (Fsp3) is 0.278. The fourth-order valence-corrected chi connectivity index (χ4v) is 3.41. The minimum absolute atomic E-state index is 0.0160. The summed E-state index contributed by atoms with van der Waals surface area (Å²) in [6.07, 6.45) is 3.74. The number of likely N-dealkylation sites (tertiary alicyclic amines) is 1. The van der Waals surface area contributed by atoms with Crippen molar-refractivity contribution in [3.63, 3.8) is 0 Å². The molecule has 122 valence electrons. The Labute approximate surface area is 139 Å². The van der Waals surface area contributed by atoms with Crippen LogP contribution in [0.2, 0.25) is 0 Å². The summed E-state index contributed by atoms with van der Waals surface area (Å²) in [6.45, 7) is 0.752. The number of benzene rings is 1. The Morgan fingerprint density at radius 2 is 2.21 bits per heavy atom. The molecule has 6 nitrogen and oxygen atoms in total. The van der Waals surface area contributed by atoms with E-state index >= 15 is 0 Å². The molecular weight excluding hydrogens is 302 g/mol. The van der Waals surface area contributed by atoms with Gasteiger partial charge in [0, 0.05) is 25.2 Å². The average molecular weight is 321 g/mol. The molecule has 1 fully saturated rings. The molecule has 3 heterocycles. The van der Waals surface area contributed by atoms with E-state index in [2.05, 4.69) is 20.5 Å². The van der Waals surface area contributed by atoms with Crippen LogP contribution in [0.4, 0.5) is 5.82 Å². The number of carbonyl (C=O) groups is 1. The summed E-state index contributed by atoms with van der Waals surface area (Å²) in [5.74, 6) is 0.801. The smallest absolute Gasteiger partial charge is 0.275 e. The Bertz CT molecular complexity index is 888. The first-order chi connectivity index (χ1) is 11.8. The number of H-pyrrole nitrogens is 1. The number of nitrogens with zero attached hydrogens (tertiary/aromatic N) is 3. The Morgan fingerprint density at radius 3 is 3.08 bits per heavy atom. The van der Waals surface area contributed by atoms with Gasteiger partial charge in [0.2, 0.25) is 0 Å². The van der Waals surface area contributed by atoms with E-state index in [1.807, 2.05) is 48.3 Å². The summed E-state index contributed by atoms with van der Waals surface area (Å²) >= 11 is 0. The van der Waals surface area contributed by atoms with E-state index in [0.717, 1.165) is 41.7 Å². The largest absolute Gasteiger partial charge is 0.373 e. The van der Waals surface area contributed by atoms with Crippen molar-refractivity contribution in [2.24, 2.45) is 0 Å². The Kier molecular flexibility index (Phi) is 3.65.